The molecule has 1 saturated heterocycles. The second-order valence-corrected chi connectivity index (χ2v) is 8.46. The molecule has 6 nitrogen and oxygen atoms in total. The molecule has 7 heteroatoms. The fraction of sp³-hybridized carbons (Fsp3) is 0.611. The smallest absolute Gasteiger partial charge is 0.240 e. The summed E-state index contributed by atoms with van der Waals surface area (Å²) in [7, 11) is -3.43. The third-order valence-corrected chi connectivity index (χ3v) is 6.32. The van der Waals surface area contributed by atoms with Crippen LogP contribution in [0.25, 0.3) is 0 Å². The van der Waals surface area contributed by atoms with Gasteiger partial charge in [0.15, 0.2) is 0 Å². The molecule has 25 heavy (non-hydrogen) atoms. The van der Waals surface area contributed by atoms with Gasteiger partial charge in [0, 0.05) is 19.5 Å². The Morgan fingerprint density at radius 1 is 1.24 bits per heavy atom. The fourth-order valence-corrected chi connectivity index (χ4v) is 4.25. The summed E-state index contributed by atoms with van der Waals surface area (Å²) in [6.45, 7) is 6.74. The Labute approximate surface area is 150 Å². The van der Waals surface area contributed by atoms with Gasteiger partial charge in [-0.25, -0.2) is 13.1 Å². The Bertz CT molecular complexity index is 653. The molecule has 1 aliphatic rings. The SMILES string of the molecule is CCNS(=O)(=O)c1ccc(CNC(=O)CC(C)C2CCNCC2)cc1. The molecule has 0 radical (unpaired) electrons. The molecule has 1 unspecified atom stereocenters. The number of rotatable bonds is 8. The Morgan fingerprint density at radius 3 is 2.48 bits per heavy atom. The molecule has 140 valence electrons. The van der Waals surface area contributed by atoms with Crippen LogP contribution in [-0.2, 0) is 21.4 Å². The van der Waals surface area contributed by atoms with Gasteiger partial charge in [0.05, 0.1) is 4.90 Å². The van der Waals surface area contributed by atoms with Gasteiger partial charge >= 0.3 is 0 Å². The van der Waals surface area contributed by atoms with Gasteiger partial charge in [-0.1, -0.05) is 26.0 Å². The van der Waals surface area contributed by atoms with Gasteiger partial charge in [0.1, 0.15) is 0 Å². The average Bonchev–Trinajstić information content (AvgIpc) is 2.61. The van der Waals surface area contributed by atoms with Crippen LogP contribution in [0.15, 0.2) is 29.2 Å². The highest BCUT2D eigenvalue weighted by molar-refractivity contribution is 7.89. The summed E-state index contributed by atoms with van der Waals surface area (Å²) in [5.41, 5.74) is 0.887. The second-order valence-electron chi connectivity index (χ2n) is 6.69. The number of nitrogens with one attached hydrogen (secondary N) is 3. The number of carbonyl (C=O) groups is 1. The maximum absolute atomic E-state index is 12.1. The van der Waals surface area contributed by atoms with Gasteiger partial charge in [-0.2, -0.15) is 0 Å². The molecule has 3 N–H and O–H groups in total. The Kier molecular flexibility index (Phi) is 7.40. The van der Waals surface area contributed by atoms with E-state index in [1.165, 1.54) is 0 Å². The van der Waals surface area contributed by atoms with Gasteiger partial charge in [-0.15, -0.1) is 0 Å². The molecule has 1 aromatic carbocycles. The molecule has 0 aliphatic carbocycles. The summed E-state index contributed by atoms with van der Waals surface area (Å²) >= 11 is 0. The van der Waals surface area contributed by atoms with Crippen LogP contribution in [0.5, 0.6) is 0 Å². The van der Waals surface area contributed by atoms with E-state index in [1.54, 1.807) is 31.2 Å². The van der Waals surface area contributed by atoms with E-state index in [0.29, 0.717) is 31.3 Å². The number of hydrogen-bond donors (Lipinski definition) is 3. The van der Waals surface area contributed by atoms with E-state index in [4.69, 9.17) is 0 Å². The van der Waals surface area contributed by atoms with Gasteiger partial charge in [0.2, 0.25) is 15.9 Å². The standard InChI is InChI=1S/C18H29N3O3S/c1-3-21-25(23,24)17-6-4-15(5-7-17)13-20-18(22)12-14(2)16-8-10-19-11-9-16/h4-7,14,16,19,21H,3,8-13H2,1-2H3,(H,20,22). The monoisotopic (exact) mass is 367 g/mol. The first-order valence-corrected chi connectivity index (χ1v) is 10.5. The molecule has 0 bridgehead atoms. The van der Waals surface area contributed by atoms with Crippen LogP contribution in [0.3, 0.4) is 0 Å². The Balaban J connectivity index is 1.81. The van der Waals surface area contributed by atoms with Crippen LogP contribution in [0.4, 0.5) is 0 Å². The van der Waals surface area contributed by atoms with Crippen LogP contribution in [0.1, 0.15) is 38.7 Å². The van der Waals surface area contributed by atoms with Gasteiger partial charge in [0.25, 0.3) is 0 Å². The van der Waals surface area contributed by atoms with Crippen molar-refractivity contribution in [2.24, 2.45) is 11.8 Å². The van der Waals surface area contributed by atoms with E-state index in [0.717, 1.165) is 31.5 Å². The predicted octanol–water partition coefficient (Wildman–Crippen LogP) is 1.63. The minimum Gasteiger partial charge on any atom is -0.352 e. The Morgan fingerprint density at radius 2 is 1.88 bits per heavy atom. The summed E-state index contributed by atoms with van der Waals surface area (Å²) in [6.07, 6.45) is 2.81. The largest absolute Gasteiger partial charge is 0.352 e. The van der Waals surface area contributed by atoms with E-state index in [-0.39, 0.29) is 10.8 Å². The lowest BCUT2D eigenvalue weighted by Gasteiger charge is -2.27. The van der Waals surface area contributed by atoms with Crippen LogP contribution in [0.2, 0.25) is 0 Å². The molecule has 1 aromatic rings. The van der Waals surface area contributed by atoms with Crippen LogP contribution in [-0.4, -0.2) is 34.0 Å². The van der Waals surface area contributed by atoms with E-state index in [2.05, 4.69) is 22.3 Å². The molecule has 1 aliphatic heterocycles. The highest BCUT2D eigenvalue weighted by atomic mass is 32.2. The minimum absolute atomic E-state index is 0.0513. The summed E-state index contributed by atoms with van der Waals surface area (Å²) in [6, 6.07) is 6.61. The molecule has 0 aromatic heterocycles. The summed E-state index contributed by atoms with van der Waals surface area (Å²) in [5.74, 6) is 1.05. The van der Waals surface area contributed by atoms with Crippen molar-refractivity contribution in [1.29, 1.82) is 0 Å². The molecule has 1 fully saturated rings. The summed E-state index contributed by atoms with van der Waals surface area (Å²) in [4.78, 5) is 12.4. The molecule has 0 saturated carbocycles. The number of amides is 1. The molecule has 1 atom stereocenters. The fourth-order valence-electron chi connectivity index (χ4n) is 3.21. The van der Waals surface area contributed by atoms with Crippen LogP contribution < -0.4 is 15.4 Å². The third kappa shape index (κ3) is 6.09. The lowest BCUT2D eigenvalue weighted by atomic mass is 9.84. The summed E-state index contributed by atoms with van der Waals surface area (Å²) < 4.78 is 26.3. The first kappa shape index (κ1) is 19.9. The zero-order valence-electron chi connectivity index (χ0n) is 15.0. The maximum Gasteiger partial charge on any atom is 0.240 e. The normalized spacial score (nSPS) is 17.2. The lowest BCUT2D eigenvalue weighted by molar-refractivity contribution is -0.122. The van der Waals surface area contributed by atoms with E-state index >= 15 is 0 Å². The number of sulfonamides is 1. The molecule has 2 rings (SSSR count). The van der Waals surface area contributed by atoms with Crippen LogP contribution >= 0.6 is 0 Å². The quantitative estimate of drug-likeness (QED) is 0.652. The van der Waals surface area contributed by atoms with Crippen molar-refractivity contribution in [3.8, 4) is 0 Å². The van der Waals surface area contributed by atoms with Crippen molar-refractivity contribution in [3.63, 3.8) is 0 Å². The van der Waals surface area contributed by atoms with Crippen molar-refractivity contribution in [3.05, 3.63) is 29.8 Å². The van der Waals surface area contributed by atoms with Crippen LogP contribution in [0, 0.1) is 11.8 Å². The third-order valence-electron chi connectivity index (χ3n) is 4.75. The minimum atomic E-state index is -3.43. The zero-order chi connectivity index (χ0) is 18.3. The number of piperidine rings is 1. The molecular weight excluding hydrogens is 338 g/mol. The molecule has 1 heterocycles. The number of hydrogen-bond acceptors (Lipinski definition) is 4. The van der Waals surface area contributed by atoms with Crippen molar-refractivity contribution < 1.29 is 13.2 Å². The molecular formula is C18H29N3O3S. The number of benzene rings is 1. The van der Waals surface area contributed by atoms with Crippen molar-refractivity contribution in [1.82, 2.24) is 15.4 Å². The second kappa shape index (κ2) is 9.31. The Hall–Kier alpha value is -1.44. The van der Waals surface area contributed by atoms with E-state index in [1.807, 2.05) is 0 Å². The van der Waals surface area contributed by atoms with Crippen molar-refractivity contribution in [2.45, 2.75) is 44.6 Å². The zero-order valence-corrected chi connectivity index (χ0v) is 15.9. The first-order valence-electron chi connectivity index (χ1n) is 8.98. The van der Waals surface area contributed by atoms with Gasteiger partial charge < -0.3 is 10.6 Å². The average molecular weight is 368 g/mol. The summed E-state index contributed by atoms with van der Waals surface area (Å²) in [5, 5.41) is 6.28. The van der Waals surface area contributed by atoms with E-state index < -0.39 is 10.0 Å². The van der Waals surface area contributed by atoms with Crippen molar-refractivity contribution >= 4 is 15.9 Å². The number of carbonyl (C=O) groups excluding carboxylic acids is 1. The van der Waals surface area contributed by atoms with Gasteiger partial charge in [-0.05, 0) is 55.5 Å². The lowest BCUT2D eigenvalue weighted by Crippen LogP contribution is -2.33. The van der Waals surface area contributed by atoms with Gasteiger partial charge in [-0.3, -0.25) is 4.79 Å². The highest BCUT2D eigenvalue weighted by Gasteiger charge is 2.21. The predicted molar refractivity (Wildman–Crippen MR) is 98.5 cm³/mol. The van der Waals surface area contributed by atoms with E-state index in [9.17, 15) is 13.2 Å². The molecule has 0 spiro atoms. The molecule has 1 amide bonds. The van der Waals surface area contributed by atoms with Crippen molar-refractivity contribution in [2.75, 3.05) is 19.6 Å². The topological polar surface area (TPSA) is 87.3 Å². The first-order chi connectivity index (χ1) is 11.9. The maximum atomic E-state index is 12.1. The highest BCUT2D eigenvalue weighted by Crippen LogP contribution is 2.24.